The van der Waals surface area contributed by atoms with E-state index in [1.165, 1.54) is 12.1 Å². The lowest BCUT2D eigenvalue weighted by Crippen LogP contribution is -2.13. The van der Waals surface area contributed by atoms with E-state index >= 15 is 0 Å². The maximum absolute atomic E-state index is 11.9. The minimum absolute atomic E-state index is 0.0424. The van der Waals surface area contributed by atoms with Crippen LogP contribution in [0.15, 0.2) is 23.1 Å². The van der Waals surface area contributed by atoms with Gasteiger partial charge >= 0.3 is 0 Å². The summed E-state index contributed by atoms with van der Waals surface area (Å²) in [6, 6.07) is 4.39. The maximum Gasteiger partial charge on any atom is 0.204 e. The van der Waals surface area contributed by atoms with Crippen molar-refractivity contribution in [2.75, 3.05) is 18.3 Å². The zero-order chi connectivity index (χ0) is 12.5. The second-order valence-electron chi connectivity index (χ2n) is 4.23. The van der Waals surface area contributed by atoms with Gasteiger partial charge in [-0.2, -0.15) is 0 Å². The molecule has 1 aromatic rings. The van der Waals surface area contributed by atoms with Gasteiger partial charge in [0, 0.05) is 5.02 Å². The molecule has 1 fully saturated rings. The first-order chi connectivity index (χ1) is 7.99. The summed E-state index contributed by atoms with van der Waals surface area (Å²) in [5.74, 6) is 0.190. The summed E-state index contributed by atoms with van der Waals surface area (Å²) in [5, 5.41) is 0.347. The van der Waals surface area contributed by atoms with Crippen LogP contribution in [0.25, 0.3) is 0 Å². The van der Waals surface area contributed by atoms with Gasteiger partial charge in [0.05, 0.1) is 17.2 Å². The van der Waals surface area contributed by atoms with Crippen molar-refractivity contribution in [1.29, 1.82) is 0 Å². The van der Waals surface area contributed by atoms with Crippen LogP contribution in [0.3, 0.4) is 0 Å². The van der Waals surface area contributed by atoms with Crippen LogP contribution in [-0.4, -0.2) is 21.0 Å². The molecule has 0 heterocycles. The molecule has 2 N–H and O–H groups in total. The van der Waals surface area contributed by atoms with Crippen LogP contribution in [0.2, 0.25) is 5.02 Å². The Bertz CT molecular complexity index is 511. The van der Waals surface area contributed by atoms with Crippen LogP contribution < -0.4 is 5.73 Å². The van der Waals surface area contributed by atoms with Gasteiger partial charge < -0.3 is 10.5 Å². The number of sulfone groups is 1. The molecule has 0 aromatic heterocycles. The molecule has 6 heteroatoms. The number of nitrogen functional groups attached to an aromatic ring is 1. The summed E-state index contributed by atoms with van der Waals surface area (Å²) in [5.41, 5.74) is 5.82. The first kappa shape index (κ1) is 12.7. The highest BCUT2D eigenvalue weighted by Gasteiger charge is 2.24. The van der Waals surface area contributed by atoms with Gasteiger partial charge in [-0.15, -0.1) is 0 Å². The number of rotatable bonds is 5. The Morgan fingerprint density at radius 2 is 2.12 bits per heavy atom. The molecule has 1 aliphatic carbocycles. The van der Waals surface area contributed by atoms with Crippen LogP contribution >= 0.6 is 11.6 Å². The molecule has 0 bridgehead atoms. The predicted molar refractivity (Wildman–Crippen MR) is 66.6 cm³/mol. The van der Waals surface area contributed by atoms with Crippen molar-refractivity contribution in [3.8, 4) is 0 Å². The number of halogens is 1. The summed E-state index contributed by atoms with van der Waals surface area (Å²) < 4.78 is 29.1. The molecule has 1 aliphatic rings. The largest absolute Gasteiger partial charge is 0.398 e. The Kier molecular flexibility index (Phi) is 3.61. The number of nitrogens with two attached hydrogens (primary N) is 1. The smallest absolute Gasteiger partial charge is 0.204 e. The van der Waals surface area contributed by atoms with Crippen molar-refractivity contribution >= 4 is 27.1 Å². The van der Waals surface area contributed by atoms with E-state index in [4.69, 9.17) is 22.1 Å². The first-order valence-electron chi connectivity index (χ1n) is 5.34. The highest BCUT2D eigenvalue weighted by Crippen LogP contribution is 2.29. The second-order valence-corrected chi connectivity index (χ2v) is 6.57. The quantitative estimate of drug-likeness (QED) is 0.836. The van der Waals surface area contributed by atoms with Crippen LogP contribution in [0, 0.1) is 5.92 Å². The zero-order valence-corrected chi connectivity index (χ0v) is 10.8. The van der Waals surface area contributed by atoms with Gasteiger partial charge in [0.2, 0.25) is 9.84 Å². The molecular weight excluding hydrogens is 262 g/mol. The molecule has 0 atom stereocenters. The average Bonchev–Trinajstić information content (AvgIpc) is 3.05. The lowest BCUT2D eigenvalue weighted by atomic mass is 10.3. The summed E-state index contributed by atoms with van der Waals surface area (Å²) in [6.45, 7) is 0.500. The van der Waals surface area contributed by atoms with Gasteiger partial charge in [-0.1, -0.05) is 11.6 Å². The van der Waals surface area contributed by atoms with Crippen molar-refractivity contribution in [3.63, 3.8) is 0 Å². The standard InChI is InChI=1S/C11H14ClNO3S/c12-9-3-4-10(13)11(5-9)17(14,15)7-16-6-8-1-2-8/h3-5,8H,1-2,6-7,13H2. The van der Waals surface area contributed by atoms with E-state index in [0.717, 1.165) is 12.8 Å². The molecule has 1 saturated carbocycles. The molecule has 4 nitrogen and oxygen atoms in total. The molecule has 94 valence electrons. The van der Waals surface area contributed by atoms with Gasteiger partial charge in [-0.05, 0) is 37.0 Å². The van der Waals surface area contributed by atoms with Gasteiger partial charge in [-0.25, -0.2) is 8.42 Å². The van der Waals surface area contributed by atoms with Crippen LogP contribution in [0.5, 0.6) is 0 Å². The Morgan fingerprint density at radius 1 is 1.41 bits per heavy atom. The Morgan fingerprint density at radius 3 is 2.76 bits per heavy atom. The third kappa shape index (κ3) is 3.34. The lowest BCUT2D eigenvalue weighted by molar-refractivity contribution is 0.165. The summed E-state index contributed by atoms with van der Waals surface area (Å²) in [4.78, 5) is 0.0424. The topological polar surface area (TPSA) is 69.4 Å². The Labute approximate surface area is 106 Å². The number of anilines is 1. The minimum Gasteiger partial charge on any atom is -0.398 e. The van der Waals surface area contributed by atoms with E-state index in [1.54, 1.807) is 6.07 Å². The van der Waals surface area contributed by atoms with E-state index in [-0.39, 0.29) is 16.5 Å². The number of hydrogen-bond acceptors (Lipinski definition) is 4. The molecule has 0 unspecified atom stereocenters. The highest BCUT2D eigenvalue weighted by molar-refractivity contribution is 7.91. The van der Waals surface area contributed by atoms with Crippen molar-refractivity contribution in [1.82, 2.24) is 0 Å². The van der Waals surface area contributed by atoms with Crippen molar-refractivity contribution in [2.45, 2.75) is 17.7 Å². The summed E-state index contributed by atoms with van der Waals surface area (Å²) in [6.07, 6.45) is 2.25. The van der Waals surface area contributed by atoms with Crippen LogP contribution in [-0.2, 0) is 14.6 Å². The minimum atomic E-state index is -3.51. The molecule has 1 aromatic carbocycles. The molecule has 17 heavy (non-hydrogen) atoms. The average molecular weight is 276 g/mol. The number of hydrogen-bond donors (Lipinski definition) is 1. The maximum atomic E-state index is 11.9. The zero-order valence-electron chi connectivity index (χ0n) is 9.23. The summed E-state index contributed by atoms with van der Waals surface area (Å²) >= 11 is 5.76. The van der Waals surface area contributed by atoms with E-state index in [0.29, 0.717) is 17.5 Å². The van der Waals surface area contributed by atoms with Crippen molar-refractivity contribution in [2.24, 2.45) is 5.92 Å². The Hall–Kier alpha value is -0.780. The molecular formula is C11H14ClNO3S. The van der Waals surface area contributed by atoms with E-state index < -0.39 is 9.84 Å². The molecule has 2 rings (SSSR count). The summed E-state index contributed by atoms with van der Waals surface area (Å²) in [7, 11) is -3.51. The highest BCUT2D eigenvalue weighted by atomic mass is 35.5. The fourth-order valence-corrected chi connectivity index (χ4v) is 2.86. The lowest BCUT2D eigenvalue weighted by Gasteiger charge is -2.08. The van der Waals surface area contributed by atoms with Crippen molar-refractivity contribution in [3.05, 3.63) is 23.2 Å². The fraction of sp³-hybridized carbons (Fsp3) is 0.455. The molecule has 0 saturated heterocycles. The second kappa shape index (κ2) is 4.84. The van der Waals surface area contributed by atoms with E-state index in [9.17, 15) is 8.42 Å². The molecule has 0 radical (unpaired) electrons. The fourth-order valence-electron chi connectivity index (χ4n) is 1.45. The van der Waals surface area contributed by atoms with Gasteiger partial charge in [0.25, 0.3) is 0 Å². The first-order valence-corrected chi connectivity index (χ1v) is 7.37. The third-order valence-corrected chi connectivity index (χ3v) is 4.34. The van der Waals surface area contributed by atoms with Crippen molar-refractivity contribution < 1.29 is 13.2 Å². The normalized spacial score (nSPS) is 16.1. The third-order valence-electron chi connectivity index (χ3n) is 2.60. The van der Waals surface area contributed by atoms with Crippen LogP contribution in [0.4, 0.5) is 5.69 Å². The van der Waals surface area contributed by atoms with E-state index in [2.05, 4.69) is 0 Å². The van der Waals surface area contributed by atoms with Gasteiger partial charge in [0.15, 0.2) is 5.94 Å². The number of ether oxygens (including phenoxy) is 1. The molecule has 0 amide bonds. The molecule has 0 aliphatic heterocycles. The SMILES string of the molecule is Nc1ccc(Cl)cc1S(=O)(=O)COCC1CC1. The predicted octanol–water partition coefficient (Wildman–Crippen LogP) is 2.08. The molecule has 0 spiro atoms. The monoisotopic (exact) mass is 275 g/mol. The van der Waals surface area contributed by atoms with E-state index in [1.807, 2.05) is 0 Å². The number of benzene rings is 1. The van der Waals surface area contributed by atoms with Gasteiger partial charge in [0.1, 0.15) is 0 Å². The van der Waals surface area contributed by atoms with Crippen LogP contribution in [0.1, 0.15) is 12.8 Å². The van der Waals surface area contributed by atoms with Gasteiger partial charge in [-0.3, -0.25) is 0 Å². The Balaban J connectivity index is 2.09.